The topological polar surface area (TPSA) is 50.0 Å². The van der Waals surface area contributed by atoms with Crippen LogP contribution in [0.2, 0.25) is 0 Å². The van der Waals surface area contributed by atoms with Gasteiger partial charge in [-0.1, -0.05) is 138 Å². The Morgan fingerprint density at radius 2 is 0.612 bits per heavy atom. The van der Waals surface area contributed by atoms with E-state index in [1.54, 1.807) is 0 Å². The Labute approximate surface area is 652 Å². The van der Waals surface area contributed by atoms with Crippen LogP contribution in [0, 0.1) is 88.8 Å². The van der Waals surface area contributed by atoms with Gasteiger partial charge in [0.15, 0.2) is 0 Å². The summed E-state index contributed by atoms with van der Waals surface area (Å²) >= 11 is 0. The van der Waals surface area contributed by atoms with Crippen molar-refractivity contribution in [3.05, 3.63) is 0 Å². The lowest BCUT2D eigenvalue weighted by Crippen LogP contribution is -2.47. The molecule has 0 amide bonds. The average Bonchev–Trinajstić information content (AvgIpc) is 1.87. The molecule has 0 aromatic carbocycles. The lowest BCUT2D eigenvalue weighted by Gasteiger charge is -2.37. The molecule has 0 saturated carbocycles. The van der Waals surface area contributed by atoms with E-state index < -0.39 is 0 Å². The van der Waals surface area contributed by atoms with E-state index in [-0.39, 0.29) is 0 Å². The molecule has 7 aliphatic heterocycles. The zero-order valence-electron chi connectivity index (χ0n) is 77.9. The fraction of sp³-hybridized carbons (Fsp3) is 1.00. The standard InChI is InChI=1S/C11H24N2.5C11H23N.C10H21N.C9H21N.C8H19N/c1-9(2)11-5-7-13(8-6-11)12-10(3)4;2*1-9(2)11-5-7-12(8-6-11)10(3)4;2*1-9(2)11-6-5-7-12(8-11)10(3)4;1-9(2)8-11-6-5-7-12(11)10(3)4;1-8(2)10-5-6-11(7-10)9(3)4;1-8(2)6-7-10(5)9(3)4;1-7(2)5-6-9-8(3)4/h9-12H,5-8H2,1-4H3;5*9-11H,5-8H2,1-4H3;8-10H,5-7H2,1-4H3;8-9H,6-7H2,1-5H3;7-9H,5-6H2,1-4H3/t;;;11-;;;;;/m...1...../s1. The van der Waals surface area contributed by atoms with Gasteiger partial charge in [-0.2, -0.15) is 0 Å². The molecule has 2 N–H and O–H groups in total. The van der Waals surface area contributed by atoms with Crippen molar-refractivity contribution in [3.63, 3.8) is 0 Å². The van der Waals surface area contributed by atoms with Gasteiger partial charge in [-0.25, -0.2) is 5.01 Å². The zero-order valence-corrected chi connectivity index (χ0v) is 77.9. The summed E-state index contributed by atoms with van der Waals surface area (Å²) in [4.78, 5) is 18.1. The summed E-state index contributed by atoms with van der Waals surface area (Å²) in [5, 5.41) is 5.76. The highest BCUT2D eigenvalue weighted by Gasteiger charge is 2.30. The highest BCUT2D eigenvalue weighted by Crippen LogP contribution is 2.30. The van der Waals surface area contributed by atoms with E-state index in [1.165, 1.54) is 194 Å². The lowest BCUT2D eigenvalue weighted by molar-refractivity contribution is 0.0954. The number of hydrazine groups is 1. The zero-order chi connectivity index (χ0) is 79.4. The number of nitrogens with zero attached hydrogens (tertiary/aromatic N) is 8. The van der Waals surface area contributed by atoms with Crippen molar-refractivity contribution in [1.29, 1.82) is 0 Å². The van der Waals surface area contributed by atoms with Gasteiger partial charge in [0, 0.05) is 93.1 Å². The van der Waals surface area contributed by atoms with E-state index in [2.05, 4.69) is 306 Å². The second-order valence-corrected chi connectivity index (χ2v) is 39.9. The average molecular weight is 1460 g/mol. The summed E-state index contributed by atoms with van der Waals surface area (Å²) in [6.07, 6.45) is 22.3. The summed E-state index contributed by atoms with van der Waals surface area (Å²) in [7, 11) is 2.19. The van der Waals surface area contributed by atoms with Gasteiger partial charge >= 0.3 is 0 Å². The van der Waals surface area contributed by atoms with Gasteiger partial charge in [0.05, 0.1) is 0 Å². The summed E-state index contributed by atoms with van der Waals surface area (Å²) in [5.74, 6) is 13.5. The van der Waals surface area contributed by atoms with Crippen LogP contribution in [0.5, 0.6) is 0 Å². The number of hydrogen-bond donors (Lipinski definition) is 2. The summed E-state index contributed by atoms with van der Waals surface area (Å²) < 4.78 is 0. The molecule has 7 aliphatic rings. The van der Waals surface area contributed by atoms with Gasteiger partial charge < -0.3 is 34.7 Å². The van der Waals surface area contributed by atoms with Crippen LogP contribution in [-0.4, -0.2) is 205 Å². The van der Waals surface area contributed by atoms with Crippen molar-refractivity contribution in [1.82, 2.24) is 50.1 Å². The summed E-state index contributed by atoms with van der Waals surface area (Å²) in [5.41, 5.74) is 3.47. The summed E-state index contributed by atoms with van der Waals surface area (Å²) in [6.45, 7) is 102. The maximum absolute atomic E-state index is 3.47. The maximum atomic E-state index is 3.47. The molecule has 103 heavy (non-hydrogen) atoms. The van der Waals surface area contributed by atoms with E-state index in [1.807, 2.05) is 0 Å². The third kappa shape index (κ3) is 51.7. The van der Waals surface area contributed by atoms with Crippen LogP contribution in [0.4, 0.5) is 0 Å². The van der Waals surface area contributed by atoms with Gasteiger partial charge in [0.2, 0.25) is 0 Å². The maximum Gasteiger partial charge on any atom is 0.0158 e. The quantitative estimate of drug-likeness (QED) is 0.0977. The fourth-order valence-corrected chi connectivity index (χ4v) is 15.9. The molecule has 10 nitrogen and oxygen atoms in total. The predicted octanol–water partition coefficient (Wildman–Crippen LogP) is 23.0. The lowest BCUT2D eigenvalue weighted by atomic mass is 9.86. The smallest absolute Gasteiger partial charge is 0.0158 e. The molecule has 0 radical (unpaired) electrons. The molecule has 7 saturated heterocycles. The molecule has 0 spiro atoms. The van der Waals surface area contributed by atoms with Crippen molar-refractivity contribution in [2.45, 2.75) is 412 Å². The number of likely N-dealkylation sites (tertiary alicyclic amines) is 6. The Kier molecular flexibility index (Phi) is 60.3. The molecule has 0 aromatic rings. The Morgan fingerprint density at radius 3 is 0.883 bits per heavy atom. The van der Waals surface area contributed by atoms with Gasteiger partial charge in [-0.15, -0.1) is 0 Å². The normalized spacial score (nSPS) is 22.4. The number of rotatable bonds is 24. The highest BCUT2D eigenvalue weighted by atomic mass is 15.5. The first-order valence-corrected chi connectivity index (χ1v) is 45.3. The number of hydrogen-bond acceptors (Lipinski definition) is 10. The predicted molar refractivity (Wildman–Crippen MR) is 468 cm³/mol. The monoisotopic (exact) mass is 1460 g/mol. The van der Waals surface area contributed by atoms with Gasteiger partial charge in [-0.05, 0) is 375 Å². The molecule has 10 heteroatoms. The van der Waals surface area contributed by atoms with E-state index in [0.717, 1.165) is 138 Å². The first kappa shape index (κ1) is 105. The minimum Gasteiger partial charge on any atom is -0.315 e. The molecule has 7 heterocycles. The highest BCUT2D eigenvalue weighted by molar-refractivity contribution is 4.84. The molecule has 4 atom stereocenters. The van der Waals surface area contributed by atoms with Gasteiger partial charge in [0.1, 0.15) is 0 Å². The first-order chi connectivity index (χ1) is 47.9. The van der Waals surface area contributed by atoms with Crippen molar-refractivity contribution in [2.24, 2.45) is 88.8 Å². The first-order valence-electron chi connectivity index (χ1n) is 45.3. The second kappa shape index (κ2) is 59.4. The van der Waals surface area contributed by atoms with E-state index in [9.17, 15) is 0 Å². The largest absolute Gasteiger partial charge is 0.315 e. The minimum atomic E-state index is 0.579. The van der Waals surface area contributed by atoms with Crippen LogP contribution in [0.1, 0.15) is 352 Å². The van der Waals surface area contributed by atoms with E-state index >= 15 is 0 Å². The van der Waals surface area contributed by atoms with Crippen molar-refractivity contribution in [2.75, 3.05) is 105 Å². The Bertz CT molecular complexity index is 1700. The Morgan fingerprint density at radius 1 is 0.301 bits per heavy atom. The van der Waals surface area contributed by atoms with Crippen LogP contribution in [0.3, 0.4) is 0 Å². The SMILES string of the molecule is CC(C)C1CCCN(C(C)C)C1.CC(C)C1CCN(C(C)C)C1.CC(C)C1CCN(C(C)C)CC1.CC(C)C1CCN(C(C)C)CC1.CC(C)CC1CCCN1C(C)C.CC(C)CCN(C)C(C)C.CC(C)CCNC(C)C.CC(C)NN1CCC(C(C)C)CC1.CC(C)[C@@H]1CCCN(C(C)C)C1. The van der Waals surface area contributed by atoms with Crippen LogP contribution >= 0.6 is 0 Å². The minimum absolute atomic E-state index is 0.579. The van der Waals surface area contributed by atoms with Crippen molar-refractivity contribution in [3.8, 4) is 0 Å². The van der Waals surface area contributed by atoms with Crippen LogP contribution in [0.15, 0.2) is 0 Å². The van der Waals surface area contributed by atoms with E-state index in [4.69, 9.17) is 0 Å². The third-order valence-electron chi connectivity index (χ3n) is 24.7. The Hall–Kier alpha value is -0.400. The van der Waals surface area contributed by atoms with Gasteiger partial charge in [-0.3, -0.25) is 10.3 Å². The third-order valence-corrected chi connectivity index (χ3v) is 24.7. The van der Waals surface area contributed by atoms with E-state index in [0.29, 0.717) is 18.1 Å². The van der Waals surface area contributed by atoms with Gasteiger partial charge in [0.25, 0.3) is 0 Å². The van der Waals surface area contributed by atoms with Crippen LogP contribution in [-0.2, 0) is 0 Å². The molecule has 3 unspecified atom stereocenters. The van der Waals surface area contributed by atoms with Crippen LogP contribution in [0.25, 0.3) is 0 Å². The van der Waals surface area contributed by atoms with Crippen molar-refractivity contribution >= 4 is 0 Å². The number of piperidine rings is 5. The Balaban J connectivity index is 0. The second-order valence-electron chi connectivity index (χ2n) is 39.9. The fourth-order valence-electron chi connectivity index (χ4n) is 15.9. The molecule has 0 aromatic heterocycles. The number of nitrogens with one attached hydrogen (secondary N) is 2. The van der Waals surface area contributed by atoms with Crippen molar-refractivity contribution < 1.29 is 0 Å². The molecule has 0 aliphatic carbocycles. The van der Waals surface area contributed by atoms with Crippen LogP contribution < -0.4 is 10.7 Å². The molecule has 7 rings (SSSR count). The molecule has 0 bridgehead atoms. The summed E-state index contributed by atoms with van der Waals surface area (Å²) in [6, 6.07) is 7.27. The molecular formula is C93H200N10. The molecular weight excluding hydrogens is 1260 g/mol. The molecule has 622 valence electrons. The molecule has 7 fully saturated rings.